The monoisotopic (exact) mass is 339 g/mol. The molecule has 0 bridgehead atoms. The number of nitrogens with zero attached hydrogens (tertiary/aromatic N) is 5. The summed E-state index contributed by atoms with van der Waals surface area (Å²) in [6, 6.07) is 13.9. The third-order valence-corrected chi connectivity index (χ3v) is 4.00. The van der Waals surface area contributed by atoms with Gasteiger partial charge in [0.05, 0.1) is 17.6 Å². The molecule has 24 heavy (non-hydrogen) atoms. The van der Waals surface area contributed by atoms with Crippen LogP contribution in [0.1, 0.15) is 5.56 Å². The lowest BCUT2D eigenvalue weighted by Crippen LogP contribution is -2.03. The summed E-state index contributed by atoms with van der Waals surface area (Å²) < 4.78 is 9.70. The van der Waals surface area contributed by atoms with E-state index in [2.05, 4.69) is 15.1 Å². The Hall–Kier alpha value is -2.86. The van der Waals surface area contributed by atoms with Crippen molar-refractivity contribution in [3.8, 4) is 11.8 Å². The number of para-hydroxylation sites is 2. The smallest absolute Gasteiger partial charge is 0.302 e. The molecule has 0 saturated carbocycles. The molecule has 0 N–H and O–H groups in total. The fraction of sp³-hybridized carbons (Fsp3) is 0.118. The molecule has 2 aromatic carbocycles. The summed E-state index contributed by atoms with van der Waals surface area (Å²) in [4.78, 5) is 8.50. The van der Waals surface area contributed by atoms with Crippen LogP contribution in [0.15, 0.2) is 55.1 Å². The molecule has 2 heterocycles. The van der Waals surface area contributed by atoms with Gasteiger partial charge in [0.15, 0.2) is 0 Å². The fourth-order valence-electron chi connectivity index (χ4n) is 2.57. The first-order chi connectivity index (χ1) is 11.7. The number of fused-ring (bicyclic) bond motifs is 1. The van der Waals surface area contributed by atoms with Crippen LogP contribution >= 0.6 is 11.6 Å². The molecule has 0 fully saturated rings. The van der Waals surface area contributed by atoms with Gasteiger partial charge in [-0.3, -0.25) is 4.57 Å². The molecule has 0 aliphatic rings. The van der Waals surface area contributed by atoms with Crippen molar-refractivity contribution in [1.82, 2.24) is 24.3 Å². The van der Waals surface area contributed by atoms with Crippen molar-refractivity contribution in [2.45, 2.75) is 6.54 Å². The van der Waals surface area contributed by atoms with E-state index in [1.54, 1.807) is 17.1 Å². The number of imidazole rings is 1. The average Bonchev–Trinajstić information content (AvgIpc) is 3.19. The van der Waals surface area contributed by atoms with E-state index in [4.69, 9.17) is 16.3 Å². The first-order valence-corrected chi connectivity index (χ1v) is 7.78. The minimum absolute atomic E-state index is 0.514. The van der Waals surface area contributed by atoms with Crippen molar-refractivity contribution in [3.05, 3.63) is 65.7 Å². The summed E-state index contributed by atoms with van der Waals surface area (Å²) in [5, 5.41) is 4.77. The molecule has 0 spiro atoms. The van der Waals surface area contributed by atoms with E-state index in [9.17, 15) is 0 Å². The minimum atomic E-state index is 0.514. The van der Waals surface area contributed by atoms with E-state index >= 15 is 0 Å². The van der Waals surface area contributed by atoms with Gasteiger partial charge in [-0.05, 0) is 30.3 Å². The van der Waals surface area contributed by atoms with Gasteiger partial charge in [-0.15, -0.1) is 0 Å². The van der Waals surface area contributed by atoms with Gasteiger partial charge in [0.1, 0.15) is 18.4 Å². The second-order valence-corrected chi connectivity index (χ2v) is 5.83. The minimum Gasteiger partial charge on any atom is -0.425 e. The van der Waals surface area contributed by atoms with Crippen molar-refractivity contribution < 1.29 is 4.74 Å². The Kier molecular flexibility index (Phi) is 3.66. The Bertz CT molecular complexity index is 994. The van der Waals surface area contributed by atoms with Gasteiger partial charge in [-0.1, -0.05) is 23.7 Å². The summed E-state index contributed by atoms with van der Waals surface area (Å²) >= 11 is 6.13. The molecule has 6 nitrogen and oxygen atoms in total. The molecule has 4 aromatic rings. The molecule has 0 saturated heterocycles. The predicted octanol–water partition coefficient (Wildman–Crippen LogP) is 3.66. The van der Waals surface area contributed by atoms with Gasteiger partial charge in [0.2, 0.25) is 0 Å². The third-order valence-electron chi connectivity index (χ3n) is 3.77. The van der Waals surface area contributed by atoms with Gasteiger partial charge < -0.3 is 4.74 Å². The van der Waals surface area contributed by atoms with Crippen LogP contribution < -0.4 is 4.74 Å². The maximum absolute atomic E-state index is 6.13. The Morgan fingerprint density at radius 1 is 1.17 bits per heavy atom. The molecular weight excluding hydrogens is 326 g/mol. The summed E-state index contributed by atoms with van der Waals surface area (Å²) in [5.41, 5.74) is 2.81. The van der Waals surface area contributed by atoms with Crippen LogP contribution in [0.5, 0.6) is 11.8 Å². The Morgan fingerprint density at radius 3 is 2.83 bits per heavy atom. The summed E-state index contributed by atoms with van der Waals surface area (Å²) in [6.45, 7) is 0.514. The number of ether oxygens (including phenoxy) is 1. The van der Waals surface area contributed by atoms with E-state index in [0.717, 1.165) is 16.6 Å². The number of aromatic nitrogens is 5. The second-order valence-electron chi connectivity index (χ2n) is 5.39. The van der Waals surface area contributed by atoms with Crippen LogP contribution in [0, 0.1) is 0 Å². The predicted molar refractivity (Wildman–Crippen MR) is 91.4 cm³/mol. The molecule has 7 heteroatoms. The van der Waals surface area contributed by atoms with Gasteiger partial charge in [-0.2, -0.15) is 10.1 Å². The van der Waals surface area contributed by atoms with Crippen molar-refractivity contribution in [2.24, 2.45) is 7.05 Å². The van der Waals surface area contributed by atoms with Crippen LogP contribution in [0.3, 0.4) is 0 Å². The first-order valence-electron chi connectivity index (χ1n) is 7.41. The summed E-state index contributed by atoms with van der Waals surface area (Å²) in [5.74, 6) is 0.688. The highest BCUT2D eigenvalue weighted by Gasteiger charge is 2.13. The number of benzene rings is 2. The normalized spacial score (nSPS) is 11.1. The standard InChI is InChI=1S/C17H14ClN5O/c1-22-15-5-3-2-4-14(15)21-17(22)24-16-7-6-13(18)8-12(16)9-23-11-19-10-20-23/h2-8,10-11H,9H2,1H3. The molecule has 0 amide bonds. The average molecular weight is 340 g/mol. The highest BCUT2D eigenvalue weighted by Crippen LogP contribution is 2.29. The number of aryl methyl sites for hydroxylation is 1. The van der Waals surface area contributed by atoms with E-state index < -0.39 is 0 Å². The number of hydrogen-bond donors (Lipinski definition) is 0. The van der Waals surface area contributed by atoms with Crippen LogP contribution in [0.4, 0.5) is 0 Å². The second kappa shape index (κ2) is 5.98. The Balaban J connectivity index is 1.72. The lowest BCUT2D eigenvalue weighted by molar-refractivity contribution is 0.420. The van der Waals surface area contributed by atoms with Crippen molar-refractivity contribution in [3.63, 3.8) is 0 Å². The third kappa shape index (κ3) is 2.72. The van der Waals surface area contributed by atoms with E-state index in [1.807, 2.05) is 48.0 Å². The molecule has 0 atom stereocenters. The summed E-state index contributed by atoms with van der Waals surface area (Å²) in [6.07, 6.45) is 3.15. The fourth-order valence-corrected chi connectivity index (χ4v) is 2.77. The lowest BCUT2D eigenvalue weighted by atomic mass is 10.2. The van der Waals surface area contributed by atoms with Gasteiger partial charge in [0.25, 0.3) is 0 Å². The highest BCUT2D eigenvalue weighted by atomic mass is 35.5. The maximum Gasteiger partial charge on any atom is 0.302 e. The molecule has 0 unspecified atom stereocenters. The van der Waals surface area contributed by atoms with E-state index in [1.165, 1.54) is 6.33 Å². The summed E-state index contributed by atoms with van der Waals surface area (Å²) in [7, 11) is 1.93. The lowest BCUT2D eigenvalue weighted by Gasteiger charge is -2.11. The first kappa shape index (κ1) is 14.7. The molecule has 0 aliphatic carbocycles. The van der Waals surface area contributed by atoms with Crippen molar-refractivity contribution in [1.29, 1.82) is 0 Å². The molecule has 2 aromatic heterocycles. The number of hydrogen-bond acceptors (Lipinski definition) is 4. The number of halogens is 1. The Morgan fingerprint density at radius 2 is 2.04 bits per heavy atom. The highest BCUT2D eigenvalue weighted by molar-refractivity contribution is 6.30. The topological polar surface area (TPSA) is 57.8 Å². The van der Waals surface area contributed by atoms with Crippen LogP contribution in [0.2, 0.25) is 5.02 Å². The molecule has 0 aliphatic heterocycles. The van der Waals surface area contributed by atoms with Gasteiger partial charge in [-0.25, -0.2) is 9.67 Å². The molecule has 0 radical (unpaired) electrons. The largest absolute Gasteiger partial charge is 0.425 e. The van der Waals surface area contributed by atoms with Crippen LogP contribution in [-0.2, 0) is 13.6 Å². The van der Waals surface area contributed by atoms with Crippen LogP contribution in [-0.4, -0.2) is 24.3 Å². The van der Waals surface area contributed by atoms with Crippen LogP contribution in [0.25, 0.3) is 11.0 Å². The maximum atomic E-state index is 6.13. The van der Waals surface area contributed by atoms with Crippen molar-refractivity contribution in [2.75, 3.05) is 0 Å². The molecular formula is C17H14ClN5O. The van der Waals surface area contributed by atoms with Gasteiger partial charge >= 0.3 is 6.01 Å². The number of rotatable bonds is 4. The zero-order valence-electron chi connectivity index (χ0n) is 12.9. The molecule has 4 rings (SSSR count). The zero-order chi connectivity index (χ0) is 16.5. The SMILES string of the molecule is Cn1c(Oc2ccc(Cl)cc2Cn2cncn2)nc2ccccc21. The van der Waals surface area contributed by atoms with E-state index in [-0.39, 0.29) is 0 Å². The van der Waals surface area contributed by atoms with E-state index in [0.29, 0.717) is 23.3 Å². The van der Waals surface area contributed by atoms with Crippen molar-refractivity contribution >= 4 is 22.6 Å². The Labute approximate surface area is 143 Å². The zero-order valence-corrected chi connectivity index (χ0v) is 13.7. The van der Waals surface area contributed by atoms with Gasteiger partial charge in [0, 0.05) is 17.6 Å². The molecule has 120 valence electrons. The quantitative estimate of drug-likeness (QED) is 0.569.